The van der Waals surface area contributed by atoms with Crippen molar-refractivity contribution in [2.45, 2.75) is 12.8 Å². The summed E-state index contributed by atoms with van der Waals surface area (Å²) in [7, 11) is 0. The van der Waals surface area contributed by atoms with E-state index in [-0.39, 0.29) is 11.1 Å². The number of aromatic carboxylic acids is 1. The van der Waals surface area contributed by atoms with Crippen LogP contribution in [0.2, 0.25) is 0 Å². The largest absolute Gasteiger partial charge is 0.481 e. The van der Waals surface area contributed by atoms with Gasteiger partial charge in [-0.2, -0.15) is 0 Å². The molecule has 0 aliphatic heterocycles. The normalized spacial score (nSPS) is 16.1. The topological polar surface area (TPSA) is 74.6 Å². The third kappa shape index (κ3) is 2.10. The molecule has 1 rings (SSSR count). The fourth-order valence-corrected chi connectivity index (χ4v) is 0.961. The Bertz CT molecular complexity index is 436. The second-order valence-corrected chi connectivity index (χ2v) is 2.70. The van der Waals surface area contributed by atoms with Gasteiger partial charge in [-0.1, -0.05) is 12.1 Å². The molecule has 1 atom stereocenters. The van der Waals surface area contributed by atoms with Crippen molar-refractivity contribution in [1.82, 2.24) is 0 Å². The number of carbonyl (C=O) groups is 2. The van der Waals surface area contributed by atoms with Crippen LogP contribution in [0.25, 0.3) is 0 Å². The van der Waals surface area contributed by atoms with Crippen molar-refractivity contribution in [2.75, 3.05) is 0 Å². The number of carboxylic acids is 2. The van der Waals surface area contributed by atoms with E-state index < -0.39 is 24.7 Å². The minimum absolute atomic E-state index is 0.0246. The van der Waals surface area contributed by atoms with Gasteiger partial charge in [0.15, 0.2) is 0 Å². The summed E-state index contributed by atoms with van der Waals surface area (Å²) >= 11 is 0. The Hall–Kier alpha value is -1.84. The number of aliphatic carboxylic acids is 1. The third-order valence-electron chi connectivity index (χ3n) is 1.74. The van der Waals surface area contributed by atoms with Gasteiger partial charge in [0.2, 0.25) is 0 Å². The summed E-state index contributed by atoms with van der Waals surface area (Å²) in [4.78, 5) is 21.5. The first-order chi connectivity index (χ1) is 7.73. The number of hydrogen-bond donors (Lipinski definition) is 2. The summed E-state index contributed by atoms with van der Waals surface area (Å²) in [6.07, 6.45) is 0. The Balaban J connectivity index is 3.13. The molecular formula is C10H10O4. The predicted molar refractivity (Wildman–Crippen MR) is 49.5 cm³/mol. The van der Waals surface area contributed by atoms with Crippen LogP contribution in [0, 0.1) is 0 Å². The van der Waals surface area contributed by atoms with Gasteiger partial charge in [0, 0.05) is 4.11 Å². The quantitative estimate of drug-likeness (QED) is 0.771. The van der Waals surface area contributed by atoms with Gasteiger partial charge in [-0.3, -0.25) is 4.79 Å². The lowest BCUT2D eigenvalue weighted by Gasteiger charge is -2.05. The van der Waals surface area contributed by atoms with Crippen LogP contribution in [0.3, 0.4) is 0 Å². The average Bonchev–Trinajstić information content (AvgIpc) is 2.15. The van der Waals surface area contributed by atoms with Gasteiger partial charge in [-0.25, -0.2) is 4.79 Å². The highest BCUT2D eigenvalue weighted by Crippen LogP contribution is 2.15. The highest BCUT2D eigenvalue weighted by atomic mass is 16.4. The van der Waals surface area contributed by atoms with E-state index in [2.05, 4.69) is 0 Å². The molecule has 2 N–H and O–H groups in total. The summed E-state index contributed by atoms with van der Waals surface area (Å²) < 4.78 is 21.4. The first kappa shape index (κ1) is 6.59. The molecule has 0 aliphatic carbocycles. The molecule has 0 amide bonds. The molecule has 0 bridgehead atoms. The Kier molecular flexibility index (Phi) is 1.84. The summed E-state index contributed by atoms with van der Waals surface area (Å²) in [5, 5.41) is 17.5. The maximum Gasteiger partial charge on any atom is 0.335 e. The Labute approximate surface area is 85.0 Å². The maximum absolute atomic E-state index is 10.9. The van der Waals surface area contributed by atoms with Gasteiger partial charge in [0.25, 0.3) is 0 Å². The number of hydrogen-bond acceptors (Lipinski definition) is 2. The first-order valence-electron chi connectivity index (χ1n) is 5.29. The van der Waals surface area contributed by atoms with Gasteiger partial charge in [0.1, 0.15) is 0 Å². The summed E-state index contributed by atoms with van der Waals surface area (Å²) in [5.41, 5.74) is 0.0333. The molecule has 0 fully saturated rings. The van der Waals surface area contributed by atoms with Crippen molar-refractivity contribution < 1.29 is 23.9 Å². The predicted octanol–water partition coefficient (Wildman–Crippen LogP) is 1.57. The van der Waals surface area contributed by atoms with Crippen LogP contribution in [0.5, 0.6) is 0 Å². The smallest absolute Gasteiger partial charge is 0.335 e. The van der Waals surface area contributed by atoms with E-state index in [0.29, 0.717) is 0 Å². The fourth-order valence-electron chi connectivity index (χ4n) is 0.961. The van der Waals surface area contributed by atoms with Crippen LogP contribution in [-0.2, 0) is 4.79 Å². The van der Waals surface area contributed by atoms with Gasteiger partial charge in [0.05, 0.1) is 11.5 Å². The van der Waals surface area contributed by atoms with Gasteiger partial charge in [-0.05, 0) is 24.5 Å². The van der Waals surface area contributed by atoms with Crippen LogP contribution in [-0.4, -0.2) is 22.2 Å². The monoisotopic (exact) mass is 197 g/mol. The van der Waals surface area contributed by atoms with Gasteiger partial charge >= 0.3 is 11.9 Å². The summed E-state index contributed by atoms with van der Waals surface area (Å²) in [6, 6.07) is 4.77. The fraction of sp³-hybridized carbons (Fsp3) is 0.200. The van der Waals surface area contributed by atoms with Crippen molar-refractivity contribution in [2.24, 2.45) is 0 Å². The Morgan fingerprint density at radius 1 is 1.29 bits per heavy atom. The molecule has 0 saturated heterocycles. The van der Waals surface area contributed by atoms with E-state index in [1.54, 1.807) is 0 Å². The maximum atomic E-state index is 10.9. The highest BCUT2D eigenvalue weighted by Gasteiger charge is 2.13. The van der Waals surface area contributed by atoms with Crippen molar-refractivity contribution in [3.8, 4) is 0 Å². The van der Waals surface area contributed by atoms with E-state index in [4.69, 9.17) is 14.3 Å². The number of rotatable bonds is 3. The van der Waals surface area contributed by atoms with Crippen LogP contribution >= 0.6 is 0 Å². The van der Waals surface area contributed by atoms with E-state index in [9.17, 15) is 9.59 Å². The zero-order valence-electron chi connectivity index (χ0n) is 10.1. The molecule has 74 valence electrons. The minimum Gasteiger partial charge on any atom is -0.481 e. The Morgan fingerprint density at radius 3 is 2.21 bits per heavy atom. The molecule has 0 radical (unpaired) electrons. The molecule has 4 nitrogen and oxygen atoms in total. The third-order valence-corrected chi connectivity index (χ3v) is 1.74. The number of benzene rings is 1. The molecule has 0 spiro atoms. The van der Waals surface area contributed by atoms with Crippen molar-refractivity contribution >= 4 is 11.9 Å². The standard InChI is InChI=1S/C10H10O4/c1-6(9(11)12)7-2-4-8(5-3-7)10(13)14/h2-6H,1H3,(H,11,12)(H,13,14)/i1D3. The minimum atomic E-state index is -2.67. The molecule has 1 unspecified atom stereocenters. The molecule has 1 aromatic carbocycles. The first-order valence-corrected chi connectivity index (χ1v) is 3.79. The zero-order chi connectivity index (χ0) is 13.2. The molecule has 14 heavy (non-hydrogen) atoms. The summed E-state index contributed by atoms with van der Waals surface area (Å²) in [5.74, 6) is -4.27. The van der Waals surface area contributed by atoms with Gasteiger partial charge in [-0.15, -0.1) is 0 Å². The van der Waals surface area contributed by atoms with Crippen molar-refractivity contribution in [3.63, 3.8) is 0 Å². The second kappa shape index (κ2) is 3.91. The lowest BCUT2D eigenvalue weighted by atomic mass is 10.0. The van der Waals surface area contributed by atoms with Crippen molar-refractivity contribution in [1.29, 1.82) is 0 Å². The van der Waals surface area contributed by atoms with E-state index >= 15 is 0 Å². The van der Waals surface area contributed by atoms with Crippen LogP contribution in [0.15, 0.2) is 24.3 Å². The SMILES string of the molecule is [2H]C([2H])([2H])C(C(=O)O)c1ccc(C(=O)O)cc1. The molecule has 0 aliphatic rings. The van der Waals surface area contributed by atoms with Crippen LogP contribution < -0.4 is 0 Å². The molecule has 0 heterocycles. The zero-order valence-corrected chi connectivity index (χ0v) is 7.10. The molecule has 4 heteroatoms. The van der Waals surface area contributed by atoms with E-state index in [0.717, 1.165) is 0 Å². The van der Waals surface area contributed by atoms with Crippen LogP contribution in [0.4, 0.5) is 0 Å². The van der Waals surface area contributed by atoms with Crippen LogP contribution in [0.1, 0.15) is 32.8 Å². The lowest BCUT2D eigenvalue weighted by molar-refractivity contribution is -0.138. The molecular weight excluding hydrogens is 184 g/mol. The highest BCUT2D eigenvalue weighted by molar-refractivity contribution is 5.87. The average molecular weight is 197 g/mol. The Morgan fingerprint density at radius 2 is 1.86 bits per heavy atom. The lowest BCUT2D eigenvalue weighted by Crippen LogP contribution is -2.07. The van der Waals surface area contributed by atoms with E-state index in [1.165, 1.54) is 24.3 Å². The molecule has 1 aromatic rings. The number of carboxylic acid groups (broad SMARTS) is 2. The summed E-state index contributed by atoms with van der Waals surface area (Å²) in [6.45, 7) is -2.67. The van der Waals surface area contributed by atoms with E-state index in [1.807, 2.05) is 0 Å². The van der Waals surface area contributed by atoms with Crippen molar-refractivity contribution in [3.05, 3.63) is 35.4 Å². The molecule has 0 aromatic heterocycles. The molecule has 0 saturated carbocycles. The van der Waals surface area contributed by atoms with Gasteiger partial charge < -0.3 is 10.2 Å². The second-order valence-electron chi connectivity index (χ2n) is 2.70.